The van der Waals surface area contributed by atoms with Gasteiger partial charge in [0, 0.05) is 23.6 Å². The average molecular weight is 291 g/mol. The molecule has 2 aromatic rings. The summed E-state index contributed by atoms with van der Waals surface area (Å²) in [6, 6.07) is 5.43. The van der Waals surface area contributed by atoms with Gasteiger partial charge in [-0.1, -0.05) is 25.1 Å². The largest absolute Gasteiger partial charge is 0.497 e. The molecule has 1 aromatic heterocycles. The summed E-state index contributed by atoms with van der Waals surface area (Å²) in [6.45, 7) is 6.12. The molecular weight excluding hydrogens is 270 g/mol. The number of ether oxygens (including phenoxy) is 2. The summed E-state index contributed by atoms with van der Waals surface area (Å²) in [5.41, 5.74) is 6.85. The van der Waals surface area contributed by atoms with Crippen LogP contribution < -0.4 is 15.2 Å². The quantitative estimate of drug-likeness (QED) is 0.881. The van der Waals surface area contributed by atoms with Gasteiger partial charge in [-0.15, -0.1) is 0 Å². The summed E-state index contributed by atoms with van der Waals surface area (Å²) in [5, 5.41) is 3.90. The van der Waals surface area contributed by atoms with Crippen LogP contribution in [0.15, 0.2) is 22.7 Å². The van der Waals surface area contributed by atoms with E-state index in [1.807, 2.05) is 39.0 Å². The van der Waals surface area contributed by atoms with Crippen LogP contribution in [0.5, 0.6) is 11.5 Å². The molecule has 0 unspecified atom stereocenters. The molecule has 0 aliphatic carbocycles. The standard InChI is InChI=1S/C15H21N3O3/c1-9(2)15-17-14(18-21-15)8-20-13-7-11(19-4)5-6-12(13)10(3)16/h5-7,9-10H,8,16H2,1-4H3/t10-/m1/s1. The van der Waals surface area contributed by atoms with Gasteiger partial charge in [0.2, 0.25) is 11.7 Å². The van der Waals surface area contributed by atoms with Crippen LogP contribution in [0.2, 0.25) is 0 Å². The van der Waals surface area contributed by atoms with Gasteiger partial charge >= 0.3 is 0 Å². The summed E-state index contributed by atoms with van der Waals surface area (Å²) in [7, 11) is 1.61. The fraction of sp³-hybridized carbons (Fsp3) is 0.467. The minimum Gasteiger partial charge on any atom is -0.497 e. The van der Waals surface area contributed by atoms with Crippen LogP contribution in [-0.4, -0.2) is 17.3 Å². The lowest BCUT2D eigenvalue weighted by Gasteiger charge is -2.14. The Labute approximate surface area is 124 Å². The summed E-state index contributed by atoms with van der Waals surface area (Å²) in [5.74, 6) is 2.69. The Balaban J connectivity index is 2.14. The fourth-order valence-corrected chi connectivity index (χ4v) is 1.85. The van der Waals surface area contributed by atoms with E-state index in [2.05, 4.69) is 10.1 Å². The number of rotatable bonds is 6. The first-order chi connectivity index (χ1) is 10.0. The van der Waals surface area contributed by atoms with Crippen molar-refractivity contribution in [3.05, 3.63) is 35.5 Å². The Kier molecular flexibility index (Phi) is 4.80. The lowest BCUT2D eigenvalue weighted by Crippen LogP contribution is -2.08. The van der Waals surface area contributed by atoms with Gasteiger partial charge in [-0.05, 0) is 13.0 Å². The zero-order valence-corrected chi connectivity index (χ0v) is 12.8. The Morgan fingerprint density at radius 2 is 2.05 bits per heavy atom. The molecule has 2 rings (SSSR count). The van der Waals surface area contributed by atoms with Crippen molar-refractivity contribution in [3.8, 4) is 11.5 Å². The monoisotopic (exact) mass is 291 g/mol. The summed E-state index contributed by atoms with van der Waals surface area (Å²) in [6.07, 6.45) is 0. The lowest BCUT2D eigenvalue weighted by molar-refractivity contribution is 0.279. The highest BCUT2D eigenvalue weighted by Gasteiger charge is 2.13. The van der Waals surface area contributed by atoms with E-state index in [9.17, 15) is 0 Å². The highest BCUT2D eigenvalue weighted by Crippen LogP contribution is 2.29. The van der Waals surface area contributed by atoms with Gasteiger partial charge in [0.25, 0.3) is 0 Å². The van der Waals surface area contributed by atoms with E-state index in [1.165, 1.54) is 0 Å². The van der Waals surface area contributed by atoms with Crippen LogP contribution in [0.1, 0.15) is 50.0 Å². The zero-order chi connectivity index (χ0) is 15.4. The molecule has 1 aromatic carbocycles. The number of nitrogens with two attached hydrogens (primary N) is 1. The summed E-state index contributed by atoms with van der Waals surface area (Å²) >= 11 is 0. The third-order valence-electron chi connectivity index (χ3n) is 3.05. The molecule has 0 aliphatic heterocycles. The van der Waals surface area contributed by atoms with Crippen LogP contribution in [0.4, 0.5) is 0 Å². The van der Waals surface area contributed by atoms with Crippen molar-refractivity contribution in [2.45, 2.75) is 39.3 Å². The van der Waals surface area contributed by atoms with E-state index in [4.69, 9.17) is 19.7 Å². The van der Waals surface area contributed by atoms with Crippen molar-refractivity contribution < 1.29 is 14.0 Å². The van der Waals surface area contributed by atoms with Crippen molar-refractivity contribution >= 4 is 0 Å². The number of methoxy groups -OCH3 is 1. The second kappa shape index (κ2) is 6.58. The second-order valence-electron chi connectivity index (χ2n) is 5.18. The first kappa shape index (κ1) is 15.3. The molecule has 0 amide bonds. The second-order valence-corrected chi connectivity index (χ2v) is 5.18. The van der Waals surface area contributed by atoms with Crippen LogP contribution in [-0.2, 0) is 6.61 Å². The van der Waals surface area contributed by atoms with Gasteiger partial charge in [-0.2, -0.15) is 4.98 Å². The molecule has 0 spiro atoms. The third-order valence-corrected chi connectivity index (χ3v) is 3.05. The maximum absolute atomic E-state index is 5.95. The van der Waals surface area contributed by atoms with Crippen LogP contribution in [0.25, 0.3) is 0 Å². The molecular formula is C15H21N3O3. The van der Waals surface area contributed by atoms with Crippen molar-refractivity contribution in [2.75, 3.05) is 7.11 Å². The topological polar surface area (TPSA) is 83.4 Å². The SMILES string of the molecule is COc1ccc([C@@H](C)N)c(OCc2noc(C(C)C)n2)c1. The van der Waals surface area contributed by atoms with Gasteiger partial charge in [-0.3, -0.25) is 0 Å². The average Bonchev–Trinajstić information content (AvgIpc) is 2.93. The Bertz CT molecular complexity index is 594. The van der Waals surface area contributed by atoms with E-state index < -0.39 is 0 Å². The molecule has 1 atom stereocenters. The van der Waals surface area contributed by atoms with Gasteiger partial charge in [-0.25, -0.2) is 0 Å². The molecule has 6 heteroatoms. The van der Waals surface area contributed by atoms with Crippen LogP contribution >= 0.6 is 0 Å². The van der Waals surface area contributed by atoms with E-state index in [0.717, 1.165) is 5.56 Å². The zero-order valence-electron chi connectivity index (χ0n) is 12.8. The first-order valence-corrected chi connectivity index (χ1v) is 6.90. The van der Waals surface area contributed by atoms with Gasteiger partial charge in [0.1, 0.15) is 11.5 Å². The number of nitrogens with zero attached hydrogens (tertiary/aromatic N) is 2. The Morgan fingerprint density at radius 1 is 1.29 bits per heavy atom. The van der Waals surface area contributed by atoms with Gasteiger partial charge < -0.3 is 19.7 Å². The molecule has 0 fully saturated rings. The predicted octanol–water partition coefficient (Wildman–Crippen LogP) is 2.80. The third kappa shape index (κ3) is 3.72. The normalized spacial score (nSPS) is 12.5. The van der Waals surface area contributed by atoms with E-state index in [-0.39, 0.29) is 18.6 Å². The summed E-state index contributed by atoms with van der Waals surface area (Å²) < 4.78 is 16.1. The molecule has 0 saturated heterocycles. The van der Waals surface area contributed by atoms with E-state index in [0.29, 0.717) is 23.2 Å². The van der Waals surface area contributed by atoms with Gasteiger partial charge in [0.05, 0.1) is 7.11 Å². The maximum atomic E-state index is 5.95. The van der Waals surface area contributed by atoms with Crippen LogP contribution in [0.3, 0.4) is 0 Å². The number of benzene rings is 1. The lowest BCUT2D eigenvalue weighted by atomic mass is 10.1. The Hall–Kier alpha value is -2.08. The number of hydrogen-bond donors (Lipinski definition) is 1. The van der Waals surface area contributed by atoms with Crippen molar-refractivity contribution in [1.29, 1.82) is 0 Å². The van der Waals surface area contributed by atoms with Gasteiger partial charge in [0.15, 0.2) is 6.61 Å². The summed E-state index contributed by atoms with van der Waals surface area (Å²) in [4.78, 5) is 4.28. The smallest absolute Gasteiger partial charge is 0.229 e. The minimum absolute atomic E-state index is 0.137. The predicted molar refractivity (Wildman–Crippen MR) is 78.3 cm³/mol. The molecule has 114 valence electrons. The highest BCUT2D eigenvalue weighted by molar-refractivity contribution is 5.42. The fourth-order valence-electron chi connectivity index (χ4n) is 1.85. The maximum Gasteiger partial charge on any atom is 0.229 e. The molecule has 1 heterocycles. The number of aromatic nitrogens is 2. The molecule has 0 bridgehead atoms. The molecule has 21 heavy (non-hydrogen) atoms. The molecule has 0 aliphatic rings. The molecule has 6 nitrogen and oxygen atoms in total. The van der Waals surface area contributed by atoms with Crippen molar-refractivity contribution in [3.63, 3.8) is 0 Å². The van der Waals surface area contributed by atoms with Crippen molar-refractivity contribution in [1.82, 2.24) is 10.1 Å². The first-order valence-electron chi connectivity index (χ1n) is 6.90. The molecule has 2 N–H and O–H groups in total. The van der Waals surface area contributed by atoms with Crippen molar-refractivity contribution in [2.24, 2.45) is 5.73 Å². The molecule has 0 radical (unpaired) electrons. The molecule has 0 saturated carbocycles. The van der Waals surface area contributed by atoms with E-state index >= 15 is 0 Å². The van der Waals surface area contributed by atoms with Crippen LogP contribution in [0, 0.1) is 0 Å². The highest BCUT2D eigenvalue weighted by atomic mass is 16.5. The number of hydrogen-bond acceptors (Lipinski definition) is 6. The minimum atomic E-state index is -0.137. The van der Waals surface area contributed by atoms with E-state index in [1.54, 1.807) is 7.11 Å². The Morgan fingerprint density at radius 3 is 2.62 bits per heavy atom.